The molecule has 9 heteroatoms. The number of benzene rings is 3. The summed E-state index contributed by atoms with van der Waals surface area (Å²) in [6.45, 7) is 0.204. The van der Waals surface area contributed by atoms with Gasteiger partial charge < -0.3 is 5.32 Å². The average Bonchev–Trinajstić information content (AvgIpc) is 3.07. The van der Waals surface area contributed by atoms with E-state index in [2.05, 4.69) is 10.4 Å². The van der Waals surface area contributed by atoms with E-state index in [1.165, 1.54) is 23.7 Å². The lowest BCUT2D eigenvalue weighted by molar-refractivity contribution is -0.137. The molecule has 164 valence electrons. The van der Waals surface area contributed by atoms with Crippen molar-refractivity contribution in [2.45, 2.75) is 12.7 Å². The highest BCUT2D eigenvalue weighted by Crippen LogP contribution is 2.31. The van der Waals surface area contributed by atoms with Crippen molar-refractivity contribution in [3.63, 3.8) is 0 Å². The second-order valence-electron chi connectivity index (χ2n) is 7.28. The van der Waals surface area contributed by atoms with Gasteiger partial charge in [0.05, 0.1) is 12.1 Å². The second-order valence-corrected chi connectivity index (χ2v) is 7.28. The molecular weight excluding hydrogens is 421 g/mol. The number of carbonyl (C=O) groups excluding carboxylic acids is 1. The molecule has 0 atom stereocenters. The van der Waals surface area contributed by atoms with Crippen molar-refractivity contribution in [1.82, 2.24) is 19.7 Å². The molecule has 0 saturated carbocycles. The largest absolute Gasteiger partial charge is 0.416 e. The monoisotopic (exact) mass is 440 g/mol. The van der Waals surface area contributed by atoms with Gasteiger partial charge in [-0.25, -0.2) is 9.48 Å². The SMILES string of the molecule is Cn1c(-c2cccc(C(F)(F)F)c2)nn(CCNC(=O)c2ccc3ccccc3c2)c1=O. The summed E-state index contributed by atoms with van der Waals surface area (Å²) in [6, 6.07) is 17.7. The van der Waals surface area contributed by atoms with Crippen LogP contribution in [0.2, 0.25) is 0 Å². The standard InChI is InChI=1S/C23H19F3N4O2/c1-29-20(17-7-4-8-19(14-17)23(24,25)26)28-30(22(29)32)12-11-27-21(31)18-10-9-15-5-2-3-6-16(15)13-18/h2-10,13-14H,11-12H2,1H3,(H,27,31). The first-order valence-electron chi connectivity index (χ1n) is 9.82. The minimum Gasteiger partial charge on any atom is -0.350 e. The molecular formula is C23H19F3N4O2. The lowest BCUT2D eigenvalue weighted by Gasteiger charge is -2.08. The van der Waals surface area contributed by atoms with Crippen molar-refractivity contribution in [2.75, 3.05) is 6.54 Å². The fourth-order valence-corrected chi connectivity index (χ4v) is 3.43. The van der Waals surface area contributed by atoms with Crippen molar-refractivity contribution in [2.24, 2.45) is 7.05 Å². The van der Waals surface area contributed by atoms with Crippen molar-refractivity contribution < 1.29 is 18.0 Å². The van der Waals surface area contributed by atoms with Gasteiger partial charge in [0.25, 0.3) is 5.91 Å². The number of nitrogens with one attached hydrogen (secondary N) is 1. The van der Waals surface area contributed by atoms with Crippen LogP contribution in [0, 0.1) is 0 Å². The van der Waals surface area contributed by atoms with Crippen molar-refractivity contribution in [3.8, 4) is 11.4 Å². The Bertz CT molecular complexity index is 1360. The fraction of sp³-hybridized carbons (Fsp3) is 0.174. The summed E-state index contributed by atoms with van der Waals surface area (Å²) in [5.74, 6) is -0.181. The van der Waals surface area contributed by atoms with Crippen molar-refractivity contribution in [1.29, 1.82) is 0 Å². The number of halogens is 3. The summed E-state index contributed by atoms with van der Waals surface area (Å²) >= 11 is 0. The zero-order valence-electron chi connectivity index (χ0n) is 17.1. The van der Waals surface area contributed by atoms with Gasteiger partial charge in [-0.05, 0) is 35.0 Å². The Kier molecular flexibility index (Phi) is 5.56. The number of alkyl halides is 3. The van der Waals surface area contributed by atoms with Gasteiger partial charge in [-0.15, -0.1) is 5.10 Å². The Morgan fingerprint density at radius 3 is 2.50 bits per heavy atom. The van der Waals surface area contributed by atoms with Gasteiger partial charge in [0.2, 0.25) is 0 Å². The Labute approximate surface area is 180 Å². The van der Waals surface area contributed by atoms with Crippen LogP contribution in [0.25, 0.3) is 22.2 Å². The molecule has 32 heavy (non-hydrogen) atoms. The van der Waals surface area contributed by atoms with Crippen LogP contribution in [0.15, 0.2) is 71.5 Å². The van der Waals surface area contributed by atoms with E-state index in [4.69, 9.17) is 0 Å². The van der Waals surface area contributed by atoms with Crippen LogP contribution in [-0.4, -0.2) is 26.8 Å². The van der Waals surface area contributed by atoms with E-state index in [1.807, 2.05) is 30.3 Å². The van der Waals surface area contributed by atoms with E-state index in [0.717, 1.165) is 27.6 Å². The van der Waals surface area contributed by atoms with Crippen LogP contribution in [0.1, 0.15) is 15.9 Å². The quantitative estimate of drug-likeness (QED) is 0.513. The van der Waals surface area contributed by atoms with Gasteiger partial charge in [0.15, 0.2) is 5.82 Å². The van der Waals surface area contributed by atoms with Crippen LogP contribution in [-0.2, 0) is 19.8 Å². The van der Waals surface area contributed by atoms with Crippen molar-refractivity contribution in [3.05, 3.63) is 88.3 Å². The Hall–Kier alpha value is -3.88. The summed E-state index contributed by atoms with van der Waals surface area (Å²) in [6.07, 6.45) is -4.50. The molecule has 0 saturated heterocycles. The molecule has 3 aromatic carbocycles. The van der Waals surface area contributed by atoms with Gasteiger partial charge >= 0.3 is 11.9 Å². The van der Waals surface area contributed by atoms with E-state index in [0.29, 0.717) is 5.56 Å². The van der Waals surface area contributed by atoms with Gasteiger partial charge in [0.1, 0.15) is 0 Å². The summed E-state index contributed by atoms with van der Waals surface area (Å²) in [5.41, 5.74) is -0.642. The molecule has 1 aromatic heterocycles. The topological polar surface area (TPSA) is 68.9 Å². The highest BCUT2D eigenvalue weighted by Gasteiger charge is 2.30. The maximum Gasteiger partial charge on any atom is 0.416 e. The molecule has 0 aliphatic heterocycles. The molecule has 1 amide bonds. The van der Waals surface area contributed by atoms with E-state index in [9.17, 15) is 22.8 Å². The molecule has 0 bridgehead atoms. The van der Waals surface area contributed by atoms with Gasteiger partial charge in [-0.1, -0.05) is 42.5 Å². The van der Waals surface area contributed by atoms with E-state index >= 15 is 0 Å². The molecule has 1 N–H and O–H groups in total. The zero-order valence-corrected chi connectivity index (χ0v) is 17.1. The number of rotatable bonds is 5. The second kappa shape index (κ2) is 8.33. The van der Waals surface area contributed by atoms with Crippen LogP contribution in [0.5, 0.6) is 0 Å². The third kappa shape index (κ3) is 4.27. The zero-order chi connectivity index (χ0) is 22.9. The van der Waals surface area contributed by atoms with E-state index in [-0.39, 0.29) is 30.4 Å². The van der Waals surface area contributed by atoms with Crippen molar-refractivity contribution >= 4 is 16.7 Å². The van der Waals surface area contributed by atoms with Gasteiger partial charge in [-0.2, -0.15) is 13.2 Å². The van der Waals surface area contributed by atoms with Crippen LogP contribution in [0.3, 0.4) is 0 Å². The molecule has 1 heterocycles. The van der Waals surface area contributed by atoms with Gasteiger partial charge in [0, 0.05) is 24.7 Å². The third-order valence-electron chi connectivity index (χ3n) is 5.11. The van der Waals surface area contributed by atoms with Crippen LogP contribution >= 0.6 is 0 Å². The summed E-state index contributed by atoms with van der Waals surface area (Å²) in [7, 11) is 1.44. The number of hydrogen-bond acceptors (Lipinski definition) is 3. The maximum atomic E-state index is 13.0. The van der Waals surface area contributed by atoms with E-state index in [1.54, 1.807) is 12.1 Å². The average molecular weight is 440 g/mol. The molecule has 0 unspecified atom stereocenters. The number of nitrogens with zero attached hydrogens (tertiary/aromatic N) is 3. The number of aromatic nitrogens is 3. The number of fused-ring (bicyclic) bond motifs is 1. The Balaban J connectivity index is 1.47. The van der Waals surface area contributed by atoms with Crippen LogP contribution < -0.4 is 11.0 Å². The Morgan fingerprint density at radius 1 is 1.00 bits per heavy atom. The van der Waals surface area contributed by atoms with E-state index < -0.39 is 17.4 Å². The molecule has 4 rings (SSSR count). The molecule has 6 nitrogen and oxygen atoms in total. The first-order chi connectivity index (χ1) is 15.2. The number of hydrogen-bond donors (Lipinski definition) is 1. The lowest BCUT2D eigenvalue weighted by atomic mass is 10.1. The lowest BCUT2D eigenvalue weighted by Crippen LogP contribution is -2.31. The highest BCUT2D eigenvalue weighted by atomic mass is 19.4. The first-order valence-corrected chi connectivity index (χ1v) is 9.82. The molecule has 0 aliphatic rings. The predicted molar refractivity (Wildman–Crippen MR) is 114 cm³/mol. The molecule has 4 aromatic rings. The summed E-state index contributed by atoms with van der Waals surface area (Å²) in [4.78, 5) is 24.9. The molecule has 0 fully saturated rings. The first kappa shape index (κ1) is 21.4. The maximum absolute atomic E-state index is 13.0. The predicted octanol–water partition coefficient (Wildman–Crippen LogP) is 3.85. The highest BCUT2D eigenvalue weighted by molar-refractivity contribution is 5.98. The summed E-state index contributed by atoms with van der Waals surface area (Å²) < 4.78 is 41.3. The number of carbonyl (C=O) groups is 1. The molecule has 0 radical (unpaired) electrons. The third-order valence-corrected chi connectivity index (χ3v) is 5.11. The van der Waals surface area contributed by atoms with Crippen LogP contribution in [0.4, 0.5) is 13.2 Å². The fourth-order valence-electron chi connectivity index (χ4n) is 3.43. The molecule has 0 aliphatic carbocycles. The minimum absolute atomic E-state index is 0.0744. The normalized spacial score (nSPS) is 11.6. The van der Waals surface area contributed by atoms with Gasteiger partial charge in [-0.3, -0.25) is 9.36 Å². The molecule has 0 spiro atoms. The summed E-state index contributed by atoms with van der Waals surface area (Å²) in [5, 5.41) is 8.86. The minimum atomic E-state index is -4.50. The smallest absolute Gasteiger partial charge is 0.350 e. The number of amides is 1. The Morgan fingerprint density at radius 2 is 1.75 bits per heavy atom.